The van der Waals surface area contributed by atoms with E-state index in [0.29, 0.717) is 5.69 Å². The van der Waals surface area contributed by atoms with Gasteiger partial charge in [-0.15, -0.1) is 0 Å². The molecule has 121 heavy (non-hydrogen) atoms. The topological polar surface area (TPSA) is 24.5 Å². The fourth-order valence-electron chi connectivity index (χ4n) is 19.1. The minimum absolute atomic E-state index is 0.00630. The summed E-state index contributed by atoms with van der Waals surface area (Å²) in [5, 5.41) is 4.65. The van der Waals surface area contributed by atoms with Crippen molar-refractivity contribution in [3.8, 4) is 61.6 Å². The predicted octanol–water partition coefficient (Wildman–Crippen LogP) is 29.1. The third kappa shape index (κ3) is 12.1. The minimum Gasteiger partial charge on any atom is -0.311 e. The van der Waals surface area contributed by atoms with E-state index >= 15 is 0 Å². The lowest BCUT2D eigenvalue weighted by molar-refractivity contribution is 0.590. The number of rotatable bonds is 12. The molecule has 0 N–H and O–H groups in total. The average Bonchev–Trinajstić information content (AvgIpc) is 1.68. The van der Waals surface area contributed by atoms with Crippen LogP contribution in [0.4, 0.5) is 51.2 Å². The second-order valence-corrected chi connectivity index (χ2v) is 35.5. The van der Waals surface area contributed by atoms with Crippen LogP contribution in [0.25, 0.3) is 127 Å². The van der Waals surface area contributed by atoms with E-state index in [0.717, 1.165) is 162 Å². The summed E-state index contributed by atoms with van der Waals surface area (Å²) in [7, 11) is 0. The molecule has 7 heteroatoms. The summed E-state index contributed by atoms with van der Waals surface area (Å²) < 4.78 is 83.5. The summed E-state index contributed by atoms with van der Waals surface area (Å²) in [6.45, 7) is 19.9. The molecular formula is C114H91BN6. The van der Waals surface area contributed by atoms with E-state index in [1.165, 1.54) is 21.9 Å². The van der Waals surface area contributed by atoms with E-state index in [4.69, 9.17) is 0 Å². The Morgan fingerprint density at radius 1 is 0.256 bits per heavy atom. The lowest BCUT2D eigenvalue weighted by atomic mass is 9.33. The number of para-hydroxylation sites is 5. The van der Waals surface area contributed by atoms with Crippen LogP contribution in [-0.2, 0) is 16.2 Å². The molecule has 0 saturated carbocycles. The Hall–Kier alpha value is -14.4. The van der Waals surface area contributed by atoms with Crippen molar-refractivity contribution < 1.29 is 11.0 Å². The van der Waals surface area contributed by atoms with Crippen molar-refractivity contribution in [1.29, 1.82) is 0 Å². The van der Waals surface area contributed by atoms with Crippen molar-refractivity contribution in [2.24, 2.45) is 0 Å². The Kier molecular flexibility index (Phi) is 15.0. The molecule has 0 radical (unpaired) electrons. The van der Waals surface area contributed by atoms with Gasteiger partial charge in [-0.25, -0.2) is 0 Å². The lowest BCUT2D eigenvalue weighted by Gasteiger charge is -2.46. The number of benzene rings is 17. The fraction of sp³-hybridized carbons (Fsp3) is 0.105. The molecule has 17 aromatic carbocycles. The Balaban J connectivity index is 0.927. The van der Waals surface area contributed by atoms with Crippen LogP contribution in [0.2, 0.25) is 0 Å². The molecule has 0 aliphatic carbocycles. The molecule has 0 atom stereocenters. The number of anilines is 9. The molecule has 20 aromatic rings. The highest BCUT2D eigenvalue weighted by Crippen LogP contribution is 2.55. The normalized spacial score (nSPS) is 13.7. The van der Waals surface area contributed by atoms with Crippen molar-refractivity contribution >= 4 is 140 Å². The first-order valence-corrected chi connectivity index (χ1v) is 41.9. The van der Waals surface area contributed by atoms with Crippen LogP contribution in [-0.4, -0.2) is 20.4 Å². The Labute approximate surface area is 719 Å². The summed E-state index contributed by atoms with van der Waals surface area (Å²) in [6.07, 6.45) is 0. The van der Waals surface area contributed by atoms with Crippen LogP contribution in [0.15, 0.2) is 388 Å². The van der Waals surface area contributed by atoms with Gasteiger partial charge in [0.1, 0.15) is 0 Å². The van der Waals surface area contributed by atoms with Crippen molar-refractivity contribution in [3.63, 3.8) is 0 Å². The standard InChI is InChI=1S/C114H91BN6/c1-112(2,3)80-51-61-104-96(66-80)97-67-81(113(4,5)6)52-62-105(97)119(104)86-57-59-98-106(70-86)120(88-64-78(74-33-15-10-16-34-74)63-79(65-88)75-35-17-11-18-36-75)108-72-89(116(83-41-23-14-24-42-83)84-53-55-85(56-54-84)117-100-47-29-25-43-90(100)91-44-26-30-48-101(91)117)73-109-110(108)115(98)99-60-58-87(118-102-49-31-27-45-92(102)93-46-28-32-50-103(93)118)71-107(99)121(109)111-94(76-37-19-12-20-38-76)68-82(114(7,8)9)69-95(111)77-39-21-13-22-40-77/h10-73H,1-9H3/i27D,28D,31D,32D,45D,46D,49D,50D. The Bertz CT molecular complexity index is 7710. The van der Waals surface area contributed by atoms with Gasteiger partial charge in [-0.05, 0) is 234 Å². The maximum Gasteiger partial charge on any atom is 0.252 e. The predicted molar refractivity (Wildman–Crippen MR) is 516 cm³/mol. The zero-order valence-corrected chi connectivity index (χ0v) is 69.1. The second kappa shape index (κ2) is 28.2. The molecule has 22 rings (SSSR count). The molecule has 0 amide bonds. The van der Waals surface area contributed by atoms with E-state index in [9.17, 15) is 11.0 Å². The SMILES string of the molecule is [2H]c1c([2H])c([2H])c2c(c1[2H])c1c([2H])c([2H])c([2H])c([2H])c1n2-c1ccc2c(c1)N(c1c(-c3ccccc3)cc(C(C)(C)C)cc1-c1ccccc1)c1cc(N(c3ccccc3)c3ccc(-n4c5ccccc5c5ccccc54)cc3)cc3c1B2c1ccc(-n2c4ccc(C(C)(C)C)cc4c4cc(C(C)(C)C)ccc42)cc1N3c1cc(-c2ccccc2)cc(-c2ccccc2)c1. The van der Waals surface area contributed by atoms with Crippen molar-refractivity contribution in [3.05, 3.63) is 405 Å². The van der Waals surface area contributed by atoms with E-state index in [-0.39, 0.29) is 50.1 Å². The molecule has 5 heterocycles. The quantitative estimate of drug-likeness (QED) is 0.114. The summed E-state index contributed by atoms with van der Waals surface area (Å²) in [6, 6.07) is 120. The monoisotopic (exact) mass is 1560 g/mol. The molecule has 0 saturated heterocycles. The van der Waals surface area contributed by atoms with Crippen LogP contribution < -0.4 is 31.1 Å². The lowest BCUT2D eigenvalue weighted by Crippen LogP contribution is -2.61. The molecule has 0 spiro atoms. The van der Waals surface area contributed by atoms with Crippen LogP contribution in [0.3, 0.4) is 0 Å². The van der Waals surface area contributed by atoms with Crippen LogP contribution >= 0.6 is 0 Å². The van der Waals surface area contributed by atoms with E-state index < -0.39 is 43.0 Å². The van der Waals surface area contributed by atoms with Gasteiger partial charge in [0.2, 0.25) is 0 Å². The summed E-state index contributed by atoms with van der Waals surface area (Å²) in [5.74, 6) is 0. The van der Waals surface area contributed by atoms with E-state index in [1.54, 1.807) is 4.57 Å². The van der Waals surface area contributed by atoms with Gasteiger partial charge >= 0.3 is 0 Å². The van der Waals surface area contributed by atoms with Gasteiger partial charge in [-0.1, -0.05) is 299 Å². The van der Waals surface area contributed by atoms with Gasteiger partial charge in [0.15, 0.2) is 0 Å². The number of nitrogens with zero attached hydrogens (tertiary/aromatic N) is 6. The highest BCUT2D eigenvalue weighted by atomic mass is 15.2. The van der Waals surface area contributed by atoms with Gasteiger partial charge in [0.25, 0.3) is 6.71 Å². The molecule has 0 unspecified atom stereocenters. The number of aromatic nitrogens is 3. The first kappa shape index (κ1) is 64.7. The van der Waals surface area contributed by atoms with E-state index in [2.05, 4.69) is 420 Å². The number of hydrogen-bond acceptors (Lipinski definition) is 3. The van der Waals surface area contributed by atoms with Crippen molar-refractivity contribution in [2.45, 2.75) is 78.6 Å². The minimum atomic E-state index is -0.588. The highest BCUT2D eigenvalue weighted by Gasteiger charge is 2.46. The molecular weight excluding hydrogens is 1460 g/mol. The zero-order chi connectivity index (χ0) is 88.7. The maximum atomic E-state index is 10.1. The van der Waals surface area contributed by atoms with Crippen molar-refractivity contribution in [1.82, 2.24) is 13.7 Å². The van der Waals surface area contributed by atoms with Crippen LogP contribution in [0.5, 0.6) is 0 Å². The smallest absolute Gasteiger partial charge is 0.252 e. The maximum absolute atomic E-state index is 10.1. The summed E-state index contributed by atoms with van der Waals surface area (Å²) in [5.41, 5.74) is 28.3. The van der Waals surface area contributed by atoms with Gasteiger partial charge in [-0.2, -0.15) is 0 Å². The van der Waals surface area contributed by atoms with Gasteiger partial charge in [0.05, 0.1) is 55.4 Å². The fourth-order valence-corrected chi connectivity index (χ4v) is 19.1. The van der Waals surface area contributed by atoms with Gasteiger partial charge in [-0.3, -0.25) is 0 Å². The first-order valence-electron chi connectivity index (χ1n) is 45.9. The molecule has 0 fully saturated rings. The average molecular weight is 1560 g/mol. The largest absolute Gasteiger partial charge is 0.311 e. The molecule has 580 valence electrons. The molecule has 2 aliphatic rings. The van der Waals surface area contributed by atoms with Crippen molar-refractivity contribution in [2.75, 3.05) is 14.7 Å². The van der Waals surface area contributed by atoms with Crippen LogP contribution in [0, 0.1) is 0 Å². The molecule has 0 bridgehead atoms. The Morgan fingerprint density at radius 2 is 0.645 bits per heavy atom. The van der Waals surface area contributed by atoms with Gasteiger partial charge in [0, 0.05) is 100 Å². The molecule has 2 aliphatic heterocycles. The third-order valence-electron chi connectivity index (χ3n) is 25.0. The second-order valence-electron chi connectivity index (χ2n) is 35.5. The van der Waals surface area contributed by atoms with Gasteiger partial charge < -0.3 is 28.4 Å². The zero-order valence-electron chi connectivity index (χ0n) is 77.1. The number of hydrogen-bond donors (Lipinski definition) is 0. The Morgan fingerprint density at radius 3 is 1.12 bits per heavy atom. The third-order valence-corrected chi connectivity index (χ3v) is 25.0. The molecule has 3 aromatic heterocycles. The van der Waals surface area contributed by atoms with Crippen LogP contribution in [0.1, 0.15) is 90.0 Å². The summed E-state index contributed by atoms with van der Waals surface area (Å²) >= 11 is 0. The highest BCUT2D eigenvalue weighted by molar-refractivity contribution is 7.00. The summed E-state index contributed by atoms with van der Waals surface area (Å²) in [4.78, 5) is 7.40. The van der Waals surface area contributed by atoms with E-state index in [1.807, 2.05) is 6.07 Å². The first-order chi connectivity index (χ1) is 62.2. The molecule has 6 nitrogen and oxygen atoms in total. The number of fused-ring (bicyclic) bond motifs is 13.